The van der Waals surface area contributed by atoms with E-state index in [1.165, 1.54) is 12.1 Å². The van der Waals surface area contributed by atoms with Crippen molar-refractivity contribution in [2.24, 2.45) is 5.92 Å². The fraction of sp³-hybridized carbons (Fsp3) is 0.261. The quantitative estimate of drug-likeness (QED) is 0.607. The highest BCUT2D eigenvalue weighted by Gasteiger charge is 2.27. The van der Waals surface area contributed by atoms with Gasteiger partial charge in [-0.15, -0.1) is 0 Å². The van der Waals surface area contributed by atoms with E-state index in [1.54, 1.807) is 18.5 Å². The smallest absolute Gasteiger partial charge is 0.263 e. The second kappa shape index (κ2) is 9.75. The van der Waals surface area contributed by atoms with E-state index in [9.17, 15) is 9.18 Å². The van der Waals surface area contributed by atoms with Crippen LogP contribution in [-0.4, -0.2) is 29.0 Å². The standard InChI is InChI=1S/C23H22ClFN4O2/c24-20-14-18(25)7-6-17(20)15-28-22(30)16-8-12-29(13-9-16)21-23(27-11-10-26-21)31-19-4-2-1-3-5-19/h1-7,10-11,14,16H,8-9,12-13,15H2,(H,28,30). The second-order valence-electron chi connectivity index (χ2n) is 7.32. The molecule has 0 unspecified atom stereocenters. The molecule has 6 nitrogen and oxygen atoms in total. The third-order valence-corrected chi connectivity index (χ3v) is 5.59. The number of rotatable bonds is 6. The summed E-state index contributed by atoms with van der Waals surface area (Å²) in [7, 11) is 0. The van der Waals surface area contributed by atoms with Gasteiger partial charge in [0.15, 0.2) is 5.82 Å². The molecule has 1 aromatic heterocycles. The van der Waals surface area contributed by atoms with E-state index in [-0.39, 0.29) is 18.4 Å². The molecule has 0 bridgehead atoms. The van der Waals surface area contributed by atoms with E-state index in [2.05, 4.69) is 20.2 Å². The first kappa shape index (κ1) is 21.1. The predicted molar refractivity (Wildman–Crippen MR) is 117 cm³/mol. The van der Waals surface area contributed by atoms with E-state index in [0.29, 0.717) is 54.0 Å². The Hall–Kier alpha value is -3.19. The van der Waals surface area contributed by atoms with Crippen LogP contribution in [0.3, 0.4) is 0 Å². The fourth-order valence-electron chi connectivity index (χ4n) is 3.55. The Kier molecular flexibility index (Phi) is 6.62. The van der Waals surface area contributed by atoms with Crippen molar-refractivity contribution in [1.29, 1.82) is 0 Å². The van der Waals surface area contributed by atoms with Gasteiger partial charge in [-0.2, -0.15) is 0 Å². The van der Waals surface area contributed by atoms with Crippen molar-refractivity contribution in [3.8, 4) is 11.6 Å². The van der Waals surface area contributed by atoms with Gasteiger partial charge in [-0.05, 0) is 42.7 Å². The minimum absolute atomic E-state index is 0.0278. The molecule has 31 heavy (non-hydrogen) atoms. The zero-order chi connectivity index (χ0) is 21.6. The van der Waals surface area contributed by atoms with Crippen molar-refractivity contribution in [2.75, 3.05) is 18.0 Å². The van der Waals surface area contributed by atoms with Crippen LogP contribution in [0.5, 0.6) is 11.6 Å². The lowest BCUT2D eigenvalue weighted by atomic mass is 9.96. The summed E-state index contributed by atoms with van der Waals surface area (Å²) in [6, 6.07) is 13.6. The minimum atomic E-state index is -0.396. The summed E-state index contributed by atoms with van der Waals surface area (Å²) < 4.78 is 19.1. The average Bonchev–Trinajstić information content (AvgIpc) is 2.79. The van der Waals surface area contributed by atoms with Crippen molar-refractivity contribution in [1.82, 2.24) is 15.3 Å². The molecule has 2 heterocycles. The maximum atomic E-state index is 13.2. The van der Waals surface area contributed by atoms with Gasteiger partial charge in [0.1, 0.15) is 11.6 Å². The van der Waals surface area contributed by atoms with Crippen LogP contribution in [0.2, 0.25) is 5.02 Å². The Balaban J connectivity index is 1.34. The van der Waals surface area contributed by atoms with Gasteiger partial charge in [-0.3, -0.25) is 4.79 Å². The number of ether oxygens (including phenoxy) is 1. The van der Waals surface area contributed by atoms with E-state index in [0.717, 1.165) is 0 Å². The molecule has 4 rings (SSSR count). The lowest BCUT2D eigenvalue weighted by molar-refractivity contribution is -0.125. The third-order valence-electron chi connectivity index (χ3n) is 5.24. The van der Waals surface area contributed by atoms with Gasteiger partial charge in [-0.25, -0.2) is 14.4 Å². The Bertz CT molecular complexity index is 1040. The van der Waals surface area contributed by atoms with Crippen molar-refractivity contribution in [2.45, 2.75) is 19.4 Å². The number of halogens is 2. The van der Waals surface area contributed by atoms with Crippen molar-refractivity contribution in [3.05, 3.63) is 77.3 Å². The highest BCUT2D eigenvalue weighted by atomic mass is 35.5. The number of carbonyl (C=O) groups excluding carboxylic acids is 1. The van der Waals surface area contributed by atoms with Crippen molar-refractivity contribution < 1.29 is 13.9 Å². The van der Waals surface area contributed by atoms with Crippen molar-refractivity contribution in [3.63, 3.8) is 0 Å². The number of anilines is 1. The molecule has 3 aromatic rings. The van der Waals surface area contributed by atoms with E-state index in [1.807, 2.05) is 30.3 Å². The molecular weight excluding hydrogens is 419 g/mol. The normalized spacial score (nSPS) is 14.3. The average molecular weight is 441 g/mol. The Morgan fingerprint density at radius 1 is 1.13 bits per heavy atom. The number of para-hydroxylation sites is 1. The molecule has 0 atom stereocenters. The maximum Gasteiger partial charge on any atom is 0.263 e. The van der Waals surface area contributed by atoms with Crippen LogP contribution < -0.4 is 15.0 Å². The molecule has 0 radical (unpaired) electrons. The number of piperidine rings is 1. The van der Waals surface area contributed by atoms with Gasteiger partial charge in [0, 0.05) is 43.0 Å². The van der Waals surface area contributed by atoms with Crippen LogP contribution in [-0.2, 0) is 11.3 Å². The van der Waals surface area contributed by atoms with Crippen LogP contribution in [0.4, 0.5) is 10.2 Å². The zero-order valence-electron chi connectivity index (χ0n) is 16.8. The molecule has 1 fully saturated rings. The SMILES string of the molecule is O=C(NCc1ccc(F)cc1Cl)C1CCN(c2nccnc2Oc2ccccc2)CC1. The number of amides is 1. The number of nitrogens with one attached hydrogen (secondary N) is 1. The molecule has 1 aliphatic heterocycles. The molecule has 0 saturated carbocycles. The monoisotopic (exact) mass is 440 g/mol. The summed E-state index contributed by atoms with van der Waals surface area (Å²) in [4.78, 5) is 23.5. The lowest BCUT2D eigenvalue weighted by Crippen LogP contribution is -2.40. The molecule has 1 saturated heterocycles. The largest absolute Gasteiger partial charge is 0.436 e. The molecule has 8 heteroatoms. The molecule has 0 aliphatic carbocycles. The maximum absolute atomic E-state index is 13.2. The molecule has 1 amide bonds. The van der Waals surface area contributed by atoms with Gasteiger partial charge in [0.25, 0.3) is 5.88 Å². The van der Waals surface area contributed by atoms with Crippen LogP contribution in [0.15, 0.2) is 60.9 Å². The predicted octanol–water partition coefficient (Wildman–Crippen LogP) is 4.59. The van der Waals surface area contributed by atoms with Crippen molar-refractivity contribution >= 4 is 23.3 Å². The topological polar surface area (TPSA) is 67.4 Å². The summed E-state index contributed by atoms with van der Waals surface area (Å²) in [5.41, 5.74) is 0.691. The Labute approximate surface area is 185 Å². The Morgan fingerprint density at radius 2 is 1.87 bits per heavy atom. The summed E-state index contributed by atoms with van der Waals surface area (Å²) >= 11 is 6.04. The molecule has 1 N–H and O–H groups in total. The highest BCUT2D eigenvalue weighted by Crippen LogP contribution is 2.31. The summed E-state index contributed by atoms with van der Waals surface area (Å²) in [5, 5.41) is 3.22. The molecular formula is C23H22ClFN4O2. The van der Waals surface area contributed by atoms with Crippen LogP contribution in [0.1, 0.15) is 18.4 Å². The molecule has 1 aliphatic rings. The van der Waals surface area contributed by atoms with Gasteiger partial charge >= 0.3 is 0 Å². The first-order valence-electron chi connectivity index (χ1n) is 10.1. The van der Waals surface area contributed by atoms with Crippen LogP contribution >= 0.6 is 11.6 Å². The number of carbonyl (C=O) groups is 1. The van der Waals surface area contributed by atoms with E-state index >= 15 is 0 Å². The van der Waals surface area contributed by atoms with Gasteiger partial charge in [0.2, 0.25) is 5.91 Å². The van der Waals surface area contributed by atoms with Crippen LogP contribution in [0, 0.1) is 11.7 Å². The summed E-state index contributed by atoms with van der Waals surface area (Å²) in [6.07, 6.45) is 4.61. The third kappa shape index (κ3) is 5.30. The highest BCUT2D eigenvalue weighted by molar-refractivity contribution is 6.31. The number of hydrogen-bond acceptors (Lipinski definition) is 5. The number of benzene rings is 2. The molecule has 2 aromatic carbocycles. The zero-order valence-corrected chi connectivity index (χ0v) is 17.6. The summed E-state index contributed by atoms with van der Waals surface area (Å²) in [5.74, 6) is 1.28. The first-order valence-corrected chi connectivity index (χ1v) is 10.5. The van der Waals surface area contributed by atoms with E-state index in [4.69, 9.17) is 16.3 Å². The van der Waals surface area contributed by atoms with Crippen LogP contribution in [0.25, 0.3) is 0 Å². The first-order chi connectivity index (χ1) is 15.1. The van der Waals surface area contributed by atoms with Gasteiger partial charge in [0.05, 0.1) is 0 Å². The number of aromatic nitrogens is 2. The minimum Gasteiger partial charge on any atom is -0.436 e. The molecule has 0 spiro atoms. The molecule has 160 valence electrons. The lowest BCUT2D eigenvalue weighted by Gasteiger charge is -2.32. The number of nitrogens with zero attached hydrogens (tertiary/aromatic N) is 3. The fourth-order valence-corrected chi connectivity index (χ4v) is 3.79. The number of hydrogen-bond donors (Lipinski definition) is 1. The second-order valence-corrected chi connectivity index (χ2v) is 7.72. The van der Waals surface area contributed by atoms with E-state index < -0.39 is 5.82 Å². The Morgan fingerprint density at radius 3 is 2.61 bits per heavy atom. The van der Waals surface area contributed by atoms with Gasteiger partial charge < -0.3 is 15.0 Å². The summed E-state index contributed by atoms with van der Waals surface area (Å²) in [6.45, 7) is 1.61. The van der Waals surface area contributed by atoms with Gasteiger partial charge in [-0.1, -0.05) is 35.9 Å².